The summed E-state index contributed by atoms with van der Waals surface area (Å²) in [4.78, 5) is 15.8. The highest BCUT2D eigenvalue weighted by molar-refractivity contribution is 5.65. The molecule has 33 heavy (non-hydrogen) atoms. The SMILES string of the molecule is CCc1cc(Nc2cc(C)[nH]n2)nc(N2CCC[C@H]2c2cc(-c3cccnc3C#N)no2)n1. The fourth-order valence-corrected chi connectivity index (χ4v) is 4.05. The number of hydrogen-bond acceptors (Lipinski definition) is 9. The fourth-order valence-electron chi connectivity index (χ4n) is 4.05. The van der Waals surface area contributed by atoms with Gasteiger partial charge in [0.25, 0.3) is 0 Å². The molecule has 0 amide bonds. The molecule has 1 aliphatic heterocycles. The summed E-state index contributed by atoms with van der Waals surface area (Å²) >= 11 is 0. The van der Waals surface area contributed by atoms with Gasteiger partial charge in [0, 0.05) is 47.9 Å². The number of aromatic amines is 1. The third-order valence-electron chi connectivity index (χ3n) is 5.65. The van der Waals surface area contributed by atoms with E-state index in [0.29, 0.717) is 34.5 Å². The highest BCUT2D eigenvalue weighted by atomic mass is 16.5. The maximum Gasteiger partial charge on any atom is 0.228 e. The van der Waals surface area contributed by atoms with Crippen molar-refractivity contribution in [1.29, 1.82) is 5.26 Å². The molecule has 0 unspecified atom stereocenters. The lowest BCUT2D eigenvalue weighted by molar-refractivity contribution is 0.362. The molecule has 2 N–H and O–H groups in total. The van der Waals surface area contributed by atoms with E-state index in [1.807, 2.05) is 31.2 Å². The van der Waals surface area contributed by atoms with Gasteiger partial charge in [0.15, 0.2) is 11.6 Å². The molecule has 166 valence electrons. The molecule has 1 saturated heterocycles. The van der Waals surface area contributed by atoms with Gasteiger partial charge in [0.2, 0.25) is 5.95 Å². The van der Waals surface area contributed by atoms with E-state index >= 15 is 0 Å². The molecule has 10 heteroatoms. The lowest BCUT2D eigenvalue weighted by Crippen LogP contribution is -2.25. The smallest absolute Gasteiger partial charge is 0.228 e. The summed E-state index contributed by atoms with van der Waals surface area (Å²) in [6, 6.07) is 11.4. The summed E-state index contributed by atoms with van der Waals surface area (Å²) in [5, 5.41) is 24.0. The van der Waals surface area contributed by atoms with Crippen LogP contribution in [0.3, 0.4) is 0 Å². The number of anilines is 3. The molecule has 5 rings (SSSR count). The highest BCUT2D eigenvalue weighted by Gasteiger charge is 2.32. The highest BCUT2D eigenvalue weighted by Crippen LogP contribution is 2.37. The minimum absolute atomic E-state index is 0.0407. The van der Waals surface area contributed by atoms with Gasteiger partial charge in [-0.1, -0.05) is 12.1 Å². The Kier molecular flexibility index (Phi) is 5.44. The normalized spacial score (nSPS) is 15.5. The number of aryl methyl sites for hydroxylation is 2. The molecule has 0 bridgehead atoms. The van der Waals surface area contributed by atoms with E-state index in [4.69, 9.17) is 14.5 Å². The minimum Gasteiger partial charge on any atom is -0.359 e. The van der Waals surface area contributed by atoms with E-state index in [2.05, 4.69) is 43.5 Å². The van der Waals surface area contributed by atoms with Crippen molar-refractivity contribution in [1.82, 2.24) is 30.3 Å². The number of rotatable bonds is 6. The first-order chi connectivity index (χ1) is 16.1. The third-order valence-corrected chi connectivity index (χ3v) is 5.65. The lowest BCUT2D eigenvalue weighted by atomic mass is 10.1. The van der Waals surface area contributed by atoms with E-state index in [0.717, 1.165) is 43.0 Å². The van der Waals surface area contributed by atoms with E-state index in [-0.39, 0.29) is 6.04 Å². The van der Waals surface area contributed by atoms with Crippen molar-refractivity contribution in [2.75, 3.05) is 16.8 Å². The number of aromatic nitrogens is 6. The fraction of sp³-hybridized carbons (Fsp3) is 0.304. The second-order valence-corrected chi connectivity index (χ2v) is 7.94. The van der Waals surface area contributed by atoms with Crippen LogP contribution in [0.25, 0.3) is 11.3 Å². The second kappa shape index (κ2) is 8.70. The van der Waals surface area contributed by atoms with Crippen molar-refractivity contribution in [2.24, 2.45) is 0 Å². The van der Waals surface area contributed by atoms with Crippen LogP contribution in [0.2, 0.25) is 0 Å². The number of nitriles is 1. The van der Waals surface area contributed by atoms with Gasteiger partial charge in [0.1, 0.15) is 23.3 Å². The summed E-state index contributed by atoms with van der Waals surface area (Å²) in [5.74, 6) is 2.77. The molecule has 10 nitrogen and oxygen atoms in total. The van der Waals surface area contributed by atoms with Crippen LogP contribution in [0.4, 0.5) is 17.6 Å². The molecular weight excluding hydrogens is 418 g/mol. The van der Waals surface area contributed by atoms with Crippen LogP contribution >= 0.6 is 0 Å². The van der Waals surface area contributed by atoms with Crippen molar-refractivity contribution in [3.63, 3.8) is 0 Å². The third kappa shape index (κ3) is 4.13. The number of pyridine rings is 1. The predicted octanol–water partition coefficient (Wildman–Crippen LogP) is 4.08. The maximum absolute atomic E-state index is 9.36. The Morgan fingerprint density at radius 3 is 2.97 bits per heavy atom. The molecule has 5 heterocycles. The summed E-state index contributed by atoms with van der Waals surface area (Å²) in [6.07, 6.45) is 4.26. The van der Waals surface area contributed by atoms with Gasteiger partial charge in [-0.05, 0) is 38.3 Å². The number of hydrogen-bond donors (Lipinski definition) is 2. The molecule has 1 fully saturated rings. The molecule has 4 aromatic rings. The van der Waals surface area contributed by atoms with Crippen molar-refractivity contribution in [2.45, 2.75) is 39.2 Å². The average molecular weight is 441 g/mol. The maximum atomic E-state index is 9.36. The molecule has 0 saturated carbocycles. The summed E-state index contributed by atoms with van der Waals surface area (Å²) in [7, 11) is 0. The quantitative estimate of drug-likeness (QED) is 0.454. The van der Waals surface area contributed by atoms with Gasteiger partial charge in [-0.2, -0.15) is 15.3 Å². The molecule has 0 radical (unpaired) electrons. The zero-order chi connectivity index (χ0) is 22.8. The Bertz CT molecular complexity index is 1320. The molecule has 0 spiro atoms. The molecular formula is C23H23N9O. The standard InChI is InChI=1S/C23H23N9O/c1-3-15-11-21(27-22-10-14(2)29-30-22)28-23(26-15)32-9-5-7-19(32)20-12-17(31-33-20)16-6-4-8-25-18(16)13-24/h4,6,8,10-12,19H,3,5,7,9H2,1-2H3,(H2,26,27,28,29,30)/t19-/m0/s1. The van der Waals surface area contributed by atoms with E-state index < -0.39 is 0 Å². The molecule has 4 aromatic heterocycles. The topological polar surface area (TPSA) is 132 Å². The first-order valence-electron chi connectivity index (χ1n) is 10.9. The van der Waals surface area contributed by atoms with Crippen LogP contribution in [-0.4, -0.2) is 36.9 Å². The number of H-pyrrole nitrogens is 1. The van der Waals surface area contributed by atoms with Crippen LogP contribution < -0.4 is 10.2 Å². The molecule has 0 aromatic carbocycles. The van der Waals surface area contributed by atoms with Crippen molar-refractivity contribution >= 4 is 17.6 Å². The molecule has 1 atom stereocenters. The summed E-state index contributed by atoms with van der Waals surface area (Å²) in [6.45, 7) is 4.83. The largest absolute Gasteiger partial charge is 0.359 e. The number of nitrogens with one attached hydrogen (secondary N) is 2. The van der Waals surface area contributed by atoms with Gasteiger partial charge in [-0.3, -0.25) is 5.10 Å². The first kappa shape index (κ1) is 20.6. The van der Waals surface area contributed by atoms with Crippen LogP contribution in [-0.2, 0) is 6.42 Å². The van der Waals surface area contributed by atoms with Gasteiger partial charge in [0.05, 0.1) is 6.04 Å². The van der Waals surface area contributed by atoms with Crippen molar-refractivity contribution < 1.29 is 4.52 Å². The van der Waals surface area contributed by atoms with Crippen LogP contribution in [0, 0.1) is 18.3 Å². The Morgan fingerprint density at radius 2 is 2.18 bits per heavy atom. The van der Waals surface area contributed by atoms with E-state index in [1.165, 1.54) is 0 Å². The van der Waals surface area contributed by atoms with Gasteiger partial charge >= 0.3 is 0 Å². The Hall–Kier alpha value is -4.26. The molecule has 0 aliphatic carbocycles. The van der Waals surface area contributed by atoms with Crippen LogP contribution in [0.5, 0.6) is 0 Å². The van der Waals surface area contributed by atoms with E-state index in [9.17, 15) is 5.26 Å². The minimum atomic E-state index is -0.0407. The van der Waals surface area contributed by atoms with Gasteiger partial charge in [-0.25, -0.2) is 9.97 Å². The zero-order valence-electron chi connectivity index (χ0n) is 18.4. The Morgan fingerprint density at radius 1 is 1.27 bits per heavy atom. The van der Waals surface area contributed by atoms with Crippen molar-refractivity contribution in [3.8, 4) is 17.3 Å². The monoisotopic (exact) mass is 441 g/mol. The van der Waals surface area contributed by atoms with Crippen LogP contribution in [0.1, 0.15) is 48.6 Å². The van der Waals surface area contributed by atoms with Crippen LogP contribution in [0.15, 0.2) is 41.1 Å². The van der Waals surface area contributed by atoms with E-state index in [1.54, 1.807) is 12.3 Å². The van der Waals surface area contributed by atoms with Crippen molar-refractivity contribution in [3.05, 3.63) is 59.4 Å². The Balaban J connectivity index is 1.45. The lowest BCUT2D eigenvalue weighted by Gasteiger charge is -2.23. The summed E-state index contributed by atoms with van der Waals surface area (Å²) in [5.41, 5.74) is 3.48. The average Bonchev–Trinajstić information content (AvgIpc) is 3.59. The predicted molar refractivity (Wildman–Crippen MR) is 122 cm³/mol. The van der Waals surface area contributed by atoms with Gasteiger partial charge in [-0.15, -0.1) is 0 Å². The molecule has 1 aliphatic rings. The first-order valence-corrected chi connectivity index (χ1v) is 10.9. The number of nitrogens with zero attached hydrogens (tertiary/aromatic N) is 7. The Labute approximate surface area is 190 Å². The summed E-state index contributed by atoms with van der Waals surface area (Å²) < 4.78 is 5.73. The second-order valence-electron chi connectivity index (χ2n) is 7.94. The van der Waals surface area contributed by atoms with Gasteiger partial charge < -0.3 is 14.7 Å². The zero-order valence-corrected chi connectivity index (χ0v) is 18.4.